The highest BCUT2D eigenvalue weighted by molar-refractivity contribution is 5.79. The Morgan fingerprint density at radius 2 is 2.28 bits per heavy atom. The fourth-order valence-electron chi connectivity index (χ4n) is 2.79. The number of rotatable bonds is 1. The molecule has 2 unspecified atom stereocenters. The van der Waals surface area contributed by atoms with Gasteiger partial charge in [-0.1, -0.05) is 19.1 Å². The van der Waals surface area contributed by atoms with E-state index in [9.17, 15) is 5.11 Å². The second kappa shape index (κ2) is 4.34. The van der Waals surface area contributed by atoms with E-state index in [0.717, 1.165) is 36.0 Å². The van der Waals surface area contributed by atoms with Crippen molar-refractivity contribution in [2.75, 3.05) is 13.1 Å². The van der Waals surface area contributed by atoms with Crippen LogP contribution in [0.25, 0.3) is 10.9 Å². The molecule has 0 spiro atoms. The summed E-state index contributed by atoms with van der Waals surface area (Å²) in [6, 6.07) is 10.1. The molecule has 1 aliphatic rings. The van der Waals surface area contributed by atoms with Crippen molar-refractivity contribution in [3.05, 3.63) is 42.1 Å². The van der Waals surface area contributed by atoms with E-state index in [1.54, 1.807) is 6.20 Å². The van der Waals surface area contributed by atoms with Gasteiger partial charge in [-0.3, -0.25) is 4.98 Å². The third-order valence-electron chi connectivity index (χ3n) is 4.05. The predicted molar refractivity (Wildman–Crippen MR) is 72.3 cm³/mol. The number of aromatic nitrogens is 1. The van der Waals surface area contributed by atoms with Crippen molar-refractivity contribution in [2.24, 2.45) is 5.92 Å². The molecule has 18 heavy (non-hydrogen) atoms. The maximum absolute atomic E-state index is 10.9. The lowest BCUT2D eigenvalue weighted by atomic mass is 9.77. The lowest BCUT2D eigenvalue weighted by molar-refractivity contribution is -0.0391. The topological polar surface area (TPSA) is 45.1 Å². The molecule has 1 aliphatic heterocycles. The van der Waals surface area contributed by atoms with Crippen LogP contribution in [0.2, 0.25) is 0 Å². The van der Waals surface area contributed by atoms with Crippen LogP contribution in [-0.4, -0.2) is 23.2 Å². The van der Waals surface area contributed by atoms with Gasteiger partial charge in [-0.05, 0) is 36.7 Å². The summed E-state index contributed by atoms with van der Waals surface area (Å²) in [5, 5.41) is 15.3. The van der Waals surface area contributed by atoms with Crippen LogP contribution < -0.4 is 5.32 Å². The average Bonchev–Trinajstić information content (AvgIpc) is 2.42. The minimum Gasteiger partial charge on any atom is -0.385 e. The molecule has 1 fully saturated rings. The maximum atomic E-state index is 10.9. The lowest BCUT2D eigenvalue weighted by Gasteiger charge is -2.39. The Morgan fingerprint density at radius 3 is 3.11 bits per heavy atom. The monoisotopic (exact) mass is 242 g/mol. The van der Waals surface area contributed by atoms with E-state index in [2.05, 4.69) is 23.3 Å². The zero-order valence-electron chi connectivity index (χ0n) is 10.6. The van der Waals surface area contributed by atoms with Gasteiger partial charge in [0.2, 0.25) is 0 Å². The smallest absolute Gasteiger partial charge is 0.0946 e. The molecule has 1 aromatic carbocycles. The van der Waals surface area contributed by atoms with E-state index >= 15 is 0 Å². The van der Waals surface area contributed by atoms with Gasteiger partial charge in [0.15, 0.2) is 0 Å². The lowest BCUT2D eigenvalue weighted by Crippen LogP contribution is -2.46. The summed E-state index contributed by atoms with van der Waals surface area (Å²) >= 11 is 0. The molecule has 2 heterocycles. The molecule has 2 atom stereocenters. The molecule has 1 aromatic heterocycles. The van der Waals surface area contributed by atoms with Crippen LogP contribution in [0, 0.1) is 5.92 Å². The maximum Gasteiger partial charge on any atom is 0.0946 e. The molecule has 0 aliphatic carbocycles. The Bertz CT molecular complexity index is 569. The Kier molecular flexibility index (Phi) is 2.80. The molecule has 3 heteroatoms. The van der Waals surface area contributed by atoms with E-state index in [0.29, 0.717) is 0 Å². The summed E-state index contributed by atoms with van der Waals surface area (Å²) < 4.78 is 0. The zero-order chi connectivity index (χ0) is 12.6. The molecule has 2 N–H and O–H groups in total. The van der Waals surface area contributed by atoms with Crippen molar-refractivity contribution in [3.8, 4) is 0 Å². The SMILES string of the molecule is CC1CNCCC1(O)c1ccc2ncccc2c1. The molecule has 0 bridgehead atoms. The third kappa shape index (κ3) is 1.80. The normalized spacial score (nSPS) is 28.4. The van der Waals surface area contributed by atoms with Gasteiger partial charge in [0.25, 0.3) is 0 Å². The summed E-state index contributed by atoms with van der Waals surface area (Å²) in [5.74, 6) is 0.223. The summed E-state index contributed by atoms with van der Waals surface area (Å²) in [4.78, 5) is 4.32. The van der Waals surface area contributed by atoms with Crippen molar-refractivity contribution in [3.63, 3.8) is 0 Å². The molecule has 3 nitrogen and oxygen atoms in total. The number of benzene rings is 1. The summed E-state index contributed by atoms with van der Waals surface area (Å²) in [7, 11) is 0. The fourth-order valence-corrected chi connectivity index (χ4v) is 2.79. The van der Waals surface area contributed by atoms with Gasteiger partial charge in [0, 0.05) is 24.0 Å². The molecule has 1 saturated heterocycles. The Labute approximate surface area is 107 Å². The third-order valence-corrected chi connectivity index (χ3v) is 4.05. The number of fused-ring (bicyclic) bond motifs is 1. The average molecular weight is 242 g/mol. The fraction of sp³-hybridized carbons (Fsp3) is 0.400. The number of nitrogens with one attached hydrogen (secondary N) is 1. The highest BCUT2D eigenvalue weighted by Gasteiger charge is 2.37. The Balaban J connectivity index is 2.07. The molecule has 94 valence electrons. The first-order chi connectivity index (χ1) is 8.70. The molecule has 2 aromatic rings. The van der Waals surface area contributed by atoms with Crippen LogP contribution in [0.15, 0.2) is 36.5 Å². The highest BCUT2D eigenvalue weighted by atomic mass is 16.3. The molecule has 0 radical (unpaired) electrons. The van der Waals surface area contributed by atoms with E-state index in [-0.39, 0.29) is 5.92 Å². The van der Waals surface area contributed by atoms with Gasteiger partial charge in [-0.15, -0.1) is 0 Å². The van der Waals surface area contributed by atoms with Gasteiger partial charge in [0.05, 0.1) is 11.1 Å². The van der Waals surface area contributed by atoms with Crippen molar-refractivity contribution in [2.45, 2.75) is 18.9 Å². The van der Waals surface area contributed by atoms with E-state index in [1.807, 2.05) is 24.3 Å². The van der Waals surface area contributed by atoms with Crippen LogP contribution in [0.4, 0.5) is 0 Å². The molecule has 0 amide bonds. The predicted octanol–water partition coefficient (Wildman–Crippen LogP) is 2.05. The van der Waals surface area contributed by atoms with Gasteiger partial charge in [-0.2, -0.15) is 0 Å². The number of nitrogens with zero attached hydrogens (tertiary/aromatic N) is 1. The molecular weight excluding hydrogens is 224 g/mol. The van der Waals surface area contributed by atoms with Gasteiger partial charge in [-0.25, -0.2) is 0 Å². The van der Waals surface area contributed by atoms with Crippen LogP contribution >= 0.6 is 0 Å². The molecule has 3 rings (SSSR count). The number of aliphatic hydroxyl groups is 1. The largest absolute Gasteiger partial charge is 0.385 e. The summed E-state index contributed by atoms with van der Waals surface area (Å²) in [6.45, 7) is 3.83. The zero-order valence-corrected chi connectivity index (χ0v) is 10.6. The van der Waals surface area contributed by atoms with Crippen LogP contribution in [-0.2, 0) is 5.60 Å². The van der Waals surface area contributed by atoms with Crippen LogP contribution in [0.3, 0.4) is 0 Å². The number of hydrogen-bond acceptors (Lipinski definition) is 3. The van der Waals surface area contributed by atoms with Crippen molar-refractivity contribution < 1.29 is 5.11 Å². The minimum atomic E-state index is -0.713. The van der Waals surface area contributed by atoms with Crippen molar-refractivity contribution >= 4 is 10.9 Å². The Hall–Kier alpha value is -1.45. The first-order valence-electron chi connectivity index (χ1n) is 6.48. The van der Waals surface area contributed by atoms with E-state index in [1.165, 1.54) is 0 Å². The minimum absolute atomic E-state index is 0.223. The van der Waals surface area contributed by atoms with Crippen molar-refractivity contribution in [1.82, 2.24) is 10.3 Å². The summed E-state index contributed by atoms with van der Waals surface area (Å²) in [5.41, 5.74) is 1.28. The molecular formula is C15H18N2O. The number of hydrogen-bond donors (Lipinski definition) is 2. The summed E-state index contributed by atoms with van der Waals surface area (Å²) in [6.07, 6.45) is 2.56. The van der Waals surface area contributed by atoms with Crippen LogP contribution in [0.1, 0.15) is 18.9 Å². The second-order valence-corrected chi connectivity index (χ2v) is 5.19. The standard InChI is InChI=1S/C15H18N2O/c1-11-10-16-8-6-15(11,18)13-4-5-14-12(9-13)3-2-7-17-14/h2-5,7,9,11,16,18H,6,8,10H2,1H3. The molecule has 0 saturated carbocycles. The van der Waals surface area contributed by atoms with Gasteiger partial charge in [0.1, 0.15) is 0 Å². The number of piperidine rings is 1. The van der Waals surface area contributed by atoms with Crippen molar-refractivity contribution in [1.29, 1.82) is 0 Å². The first-order valence-corrected chi connectivity index (χ1v) is 6.48. The van der Waals surface area contributed by atoms with Gasteiger partial charge >= 0.3 is 0 Å². The van der Waals surface area contributed by atoms with E-state index < -0.39 is 5.60 Å². The quantitative estimate of drug-likeness (QED) is 0.804. The number of pyridine rings is 1. The highest BCUT2D eigenvalue weighted by Crippen LogP contribution is 2.35. The first kappa shape index (κ1) is 11.6. The van der Waals surface area contributed by atoms with E-state index in [4.69, 9.17) is 0 Å². The Morgan fingerprint density at radius 1 is 1.39 bits per heavy atom. The second-order valence-electron chi connectivity index (χ2n) is 5.19. The van der Waals surface area contributed by atoms with Crippen LogP contribution in [0.5, 0.6) is 0 Å². The van der Waals surface area contributed by atoms with Gasteiger partial charge < -0.3 is 10.4 Å².